The second-order valence-electron chi connectivity index (χ2n) is 7.29. The van der Waals surface area contributed by atoms with Crippen LogP contribution in [0.5, 0.6) is 0 Å². The lowest BCUT2D eigenvalue weighted by Gasteiger charge is -2.15. The van der Waals surface area contributed by atoms with Gasteiger partial charge in [-0.25, -0.2) is 13.4 Å². The first-order valence-corrected chi connectivity index (χ1v) is 11.6. The number of sulfonamides is 1. The summed E-state index contributed by atoms with van der Waals surface area (Å²) in [6.07, 6.45) is 1.88. The van der Waals surface area contributed by atoms with E-state index in [1.54, 1.807) is 16.4 Å². The lowest BCUT2D eigenvalue weighted by atomic mass is 10.1. The fraction of sp³-hybridized carbons (Fsp3) is 0.409. The molecule has 164 valence electrons. The van der Waals surface area contributed by atoms with E-state index in [4.69, 9.17) is 0 Å². The van der Waals surface area contributed by atoms with Crippen LogP contribution in [0.1, 0.15) is 36.5 Å². The van der Waals surface area contributed by atoms with Crippen molar-refractivity contribution in [3.63, 3.8) is 0 Å². The molecule has 0 saturated carbocycles. The molecule has 0 aromatic heterocycles. The van der Waals surface area contributed by atoms with Gasteiger partial charge in [0.25, 0.3) is 0 Å². The van der Waals surface area contributed by atoms with Crippen LogP contribution in [0, 0.1) is 6.92 Å². The van der Waals surface area contributed by atoms with Gasteiger partial charge in [0.15, 0.2) is 5.96 Å². The number of benzene rings is 2. The zero-order chi connectivity index (χ0) is 20.7. The van der Waals surface area contributed by atoms with Gasteiger partial charge in [-0.3, -0.25) is 0 Å². The number of guanidine groups is 1. The second-order valence-corrected chi connectivity index (χ2v) is 9.23. The van der Waals surface area contributed by atoms with E-state index in [9.17, 15) is 8.42 Å². The van der Waals surface area contributed by atoms with E-state index in [2.05, 4.69) is 46.8 Å². The summed E-state index contributed by atoms with van der Waals surface area (Å²) in [4.78, 5) is 4.98. The summed E-state index contributed by atoms with van der Waals surface area (Å²) in [6, 6.07) is 15.5. The molecule has 1 aliphatic rings. The van der Waals surface area contributed by atoms with Gasteiger partial charge in [-0.1, -0.05) is 42.0 Å². The van der Waals surface area contributed by atoms with Crippen LogP contribution in [0.4, 0.5) is 0 Å². The quantitative estimate of drug-likeness (QED) is 0.318. The summed E-state index contributed by atoms with van der Waals surface area (Å²) in [5.74, 6) is 0.738. The van der Waals surface area contributed by atoms with Crippen molar-refractivity contribution in [1.82, 2.24) is 14.9 Å². The molecule has 0 aliphatic carbocycles. The summed E-state index contributed by atoms with van der Waals surface area (Å²) in [7, 11) is -3.36. The molecule has 1 aliphatic heterocycles. The predicted octanol–water partition coefficient (Wildman–Crippen LogP) is 3.65. The van der Waals surface area contributed by atoms with Crippen molar-refractivity contribution < 1.29 is 8.42 Å². The Morgan fingerprint density at radius 2 is 1.57 bits per heavy atom. The van der Waals surface area contributed by atoms with Crippen molar-refractivity contribution in [2.75, 3.05) is 19.6 Å². The Morgan fingerprint density at radius 3 is 2.17 bits per heavy atom. The van der Waals surface area contributed by atoms with Crippen molar-refractivity contribution >= 4 is 40.0 Å². The van der Waals surface area contributed by atoms with Crippen molar-refractivity contribution in [3.05, 3.63) is 65.2 Å². The van der Waals surface area contributed by atoms with Gasteiger partial charge in [-0.05, 0) is 49.9 Å². The topological polar surface area (TPSA) is 73.8 Å². The second kappa shape index (κ2) is 11.7. The number of nitrogens with one attached hydrogen (secondary N) is 2. The number of aliphatic imine (C=N–C) groups is 1. The Balaban J connectivity index is 0.00000320. The SMILES string of the molecule is CCNC(=NCc1ccc(S(=O)(=O)N2CCCC2)cc1)NCc1ccc(C)cc1.I. The molecule has 2 N–H and O–H groups in total. The zero-order valence-electron chi connectivity index (χ0n) is 17.6. The van der Waals surface area contributed by atoms with Crippen molar-refractivity contribution in [3.8, 4) is 0 Å². The molecule has 1 heterocycles. The molecule has 1 fully saturated rings. The van der Waals surface area contributed by atoms with E-state index in [1.807, 2.05) is 19.1 Å². The third kappa shape index (κ3) is 6.68. The molecule has 2 aromatic rings. The minimum Gasteiger partial charge on any atom is -0.357 e. The zero-order valence-corrected chi connectivity index (χ0v) is 20.7. The Labute approximate surface area is 197 Å². The summed E-state index contributed by atoms with van der Waals surface area (Å²) >= 11 is 0. The predicted molar refractivity (Wildman–Crippen MR) is 133 cm³/mol. The van der Waals surface area contributed by atoms with E-state index >= 15 is 0 Å². The molecule has 30 heavy (non-hydrogen) atoms. The summed E-state index contributed by atoms with van der Waals surface area (Å²) in [5.41, 5.74) is 3.40. The highest BCUT2D eigenvalue weighted by atomic mass is 127. The van der Waals surface area contributed by atoms with Crippen LogP contribution < -0.4 is 10.6 Å². The highest BCUT2D eigenvalue weighted by Crippen LogP contribution is 2.21. The number of rotatable bonds is 7. The molecule has 0 spiro atoms. The minimum atomic E-state index is -3.36. The van der Waals surface area contributed by atoms with E-state index in [0.717, 1.165) is 30.9 Å². The van der Waals surface area contributed by atoms with Crippen molar-refractivity contribution in [2.24, 2.45) is 4.99 Å². The van der Waals surface area contributed by atoms with Gasteiger partial charge in [0.2, 0.25) is 10.0 Å². The molecule has 0 atom stereocenters. The van der Waals surface area contributed by atoms with Gasteiger partial charge in [-0.2, -0.15) is 4.31 Å². The maximum atomic E-state index is 12.6. The average Bonchev–Trinajstić information content (AvgIpc) is 3.27. The van der Waals surface area contributed by atoms with Crippen LogP contribution in [-0.2, 0) is 23.1 Å². The molecule has 1 saturated heterocycles. The largest absolute Gasteiger partial charge is 0.357 e. The van der Waals surface area contributed by atoms with Crippen LogP contribution in [0.15, 0.2) is 58.4 Å². The Kier molecular flexibility index (Phi) is 9.57. The third-order valence-electron chi connectivity index (χ3n) is 4.97. The average molecular weight is 542 g/mol. The van der Waals surface area contributed by atoms with E-state index in [1.165, 1.54) is 11.1 Å². The van der Waals surface area contributed by atoms with E-state index < -0.39 is 10.0 Å². The first-order chi connectivity index (χ1) is 14.0. The fourth-order valence-electron chi connectivity index (χ4n) is 3.25. The van der Waals surface area contributed by atoms with Crippen LogP contribution in [0.2, 0.25) is 0 Å². The number of nitrogens with zero attached hydrogens (tertiary/aromatic N) is 2. The summed E-state index contributed by atoms with van der Waals surface area (Å²) in [5, 5.41) is 6.58. The normalized spacial score (nSPS) is 14.9. The number of hydrogen-bond acceptors (Lipinski definition) is 3. The maximum Gasteiger partial charge on any atom is 0.243 e. The van der Waals surface area contributed by atoms with Crippen LogP contribution in [-0.4, -0.2) is 38.3 Å². The number of aryl methyl sites for hydroxylation is 1. The van der Waals surface area contributed by atoms with Gasteiger partial charge >= 0.3 is 0 Å². The lowest BCUT2D eigenvalue weighted by Crippen LogP contribution is -2.36. The van der Waals surface area contributed by atoms with Crippen LogP contribution in [0.3, 0.4) is 0 Å². The molecule has 8 heteroatoms. The van der Waals surface area contributed by atoms with Gasteiger partial charge in [0, 0.05) is 26.2 Å². The summed E-state index contributed by atoms with van der Waals surface area (Å²) in [6.45, 7) is 7.28. The molecule has 3 rings (SSSR count). The van der Waals surface area contributed by atoms with Crippen molar-refractivity contribution in [1.29, 1.82) is 0 Å². The van der Waals surface area contributed by atoms with Crippen LogP contribution >= 0.6 is 24.0 Å². The Bertz CT molecular complexity index is 923. The molecule has 0 radical (unpaired) electrons. The van der Waals surface area contributed by atoms with Gasteiger partial charge < -0.3 is 10.6 Å². The van der Waals surface area contributed by atoms with Crippen LogP contribution in [0.25, 0.3) is 0 Å². The smallest absolute Gasteiger partial charge is 0.243 e. The molecule has 6 nitrogen and oxygen atoms in total. The standard InChI is InChI=1S/C22H30N4O2S.HI/c1-3-23-22(24-16-19-8-6-18(2)7-9-19)25-17-20-10-12-21(13-11-20)29(27,28)26-14-4-5-15-26;/h6-13H,3-5,14-17H2,1-2H3,(H2,23,24,25);1H. The molecule has 0 unspecified atom stereocenters. The molecule has 2 aromatic carbocycles. The number of halogens is 1. The first-order valence-electron chi connectivity index (χ1n) is 10.2. The molecular weight excluding hydrogens is 511 g/mol. The van der Waals surface area contributed by atoms with E-state index in [-0.39, 0.29) is 24.0 Å². The van der Waals surface area contributed by atoms with Crippen molar-refractivity contribution in [2.45, 2.75) is 44.7 Å². The monoisotopic (exact) mass is 542 g/mol. The van der Waals surface area contributed by atoms with E-state index in [0.29, 0.717) is 31.1 Å². The first kappa shape index (κ1) is 24.6. The molecule has 0 amide bonds. The molecule has 0 bridgehead atoms. The Morgan fingerprint density at radius 1 is 0.967 bits per heavy atom. The number of hydrogen-bond donors (Lipinski definition) is 2. The Hall–Kier alpha value is -1.65. The van der Waals surface area contributed by atoms with Gasteiger partial charge in [0.1, 0.15) is 0 Å². The fourth-order valence-corrected chi connectivity index (χ4v) is 4.77. The lowest BCUT2D eigenvalue weighted by molar-refractivity contribution is 0.477. The van der Waals surface area contributed by atoms with Gasteiger partial charge in [0.05, 0.1) is 11.4 Å². The van der Waals surface area contributed by atoms with Gasteiger partial charge in [-0.15, -0.1) is 24.0 Å². The molecular formula is C22H31IN4O2S. The minimum absolute atomic E-state index is 0. The highest BCUT2D eigenvalue weighted by Gasteiger charge is 2.26. The summed E-state index contributed by atoms with van der Waals surface area (Å²) < 4.78 is 26.8. The highest BCUT2D eigenvalue weighted by molar-refractivity contribution is 14.0. The maximum absolute atomic E-state index is 12.6. The third-order valence-corrected chi connectivity index (χ3v) is 6.88.